The van der Waals surface area contributed by atoms with Crippen molar-refractivity contribution >= 4 is 11.8 Å². The molecule has 0 radical (unpaired) electrons. The largest absolute Gasteiger partial charge is 0.365 e. The first-order valence-corrected chi connectivity index (χ1v) is 11.3. The number of hydrogen-bond acceptors (Lipinski definition) is 5. The summed E-state index contributed by atoms with van der Waals surface area (Å²) in [6.07, 6.45) is 9.17. The maximum absolute atomic E-state index is 12.6. The zero-order chi connectivity index (χ0) is 19.7. The van der Waals surface area contributed by atoms with Crippen LogP contribution in [0.15, 0.2) is 12.2 Å². The van der Waals surface area contributed by atoms with E-state index >= 15 is 0 Å². The zero-order valence-electron chi connectivity index (χ0n) is 17.4. The normalized spacial score (nSPS) is 33.9. The average molecular weight is 390 g/mol. The van der Waals surface area contributed by atoms with Gasteiger partial charge in [-0.25, -0.2) is 0 Å². The number of rotatable bonds is 9. The Bertz CT molecular complexity index is 584. The lowest BCUT2D eigenvalue weighted by Crippen LogP contribution is -2.49. The monoisotopic (exact) mass is 389 g/mol. The molecular formula is C22H35N3O3. The fraction of sp³-hybridized carbons (Fsp3) is 0.818. The van der Waals surface area contributed by atoms with E-state index in [2.05, 4.69) is 23.6 Å². The highest BCUT2D eigenvalue weighted by atomic mass is 16.5. The van der Waals surface area contributed by atoms with E-state index in [4.69, 9.17) is 4.74 Å². The second kappa shape index (κ2) is 8.64. The van der Waals surface area contributed by atoms with Gasteiger partial charge in [-0.3, -0.25) is 19.4 Å². The Hall–Kier alpha value is -1.24. The van der Waals surface area contributed by atoms with Crippen LogP contribution >= 0.6 is 0 Å². The molecule has 4 aliphatic heterocycles. The first kappa shape index (κ1) is 20.0. The third kappa shape index (κ3) is 3.79. The molecule has 3 saturated heterocycles. The molecule has 0 spiro atoms. The second-order valence-corrected chi connectivity index (χ2v) is 8.88. The summed E-state index contributed by atoms with van der Waals surface area (Å²) in [5, 5.41) is 0. The predicted molar refractivity (Wildman–Crippen MR) is 108 cm³/mol. The van der Waals surface area contributed by atoms with E-state index in [-0.39, 0.29) is 35.9 Å². The molecule has 0 saturated carbocycles. The number of piperazine rings is 1. The van der Waals surface area contributed by atoms with E-state index in [1.165, 1.54) is 56.9 Å². The minimum atomic E-state index is -0.253. The maximum atomic E-state index is 12.6. The highest BCUT2D eigenvalue weighted by Gasteiger charge is 2.60. The summed E-state index contributed by atoms with van der Waals surface area (Å²) in [7, 11) is 0. The molecular weight excluding hydrogens is 354 g/mol. The van der Waals surface area contributed by atoms with E-state index in [9.17, 15) is 9.59 Å². The molecule has 0 aromatic rings. The van der Waals surface area contributed by atoms with Gasteiger partial charge in [-0.1, -0.05) is 31.9 Å². The highest BCUT2D eigenvalue weighted by Crippen LogP contribution is 2.45. The number of nitrogens with zero attached hydrogens (tertiary/aromatic N) is 3. The van der Waals surface area contributed by atoms with Gasteiger partial charge in [0.05, 0.1) is 24.0 Å². The van der Waals surface area contributed by atoms with Gasteiger partial charge in [0, 0.05) is 38.8 Å². The molecule has 0 aromatic carbocycles. The van der Waals surface area contributed by atoms with Crippen molar-refractivity contribution in [2.24, 2.45) is 11.8 Å². The molecule has 4 rings (SSSR count). The molecule has 156 valence electrons. The smallest absolute Gasteiger partial charge is 0.236 e. The fourth-order valence-corrected chi connectivity index (χ4v) is 5.23. The van der Waals surface area contributed by atoms with E-state index in [0.29, 0.717) is 12.6 Å². The van der Waals surface area contributed by atoms with Crippen molar-refractivity contribution in [3.63, 3.8) is 0 Å². The molecule has 4 aliphatic rings. The molecule has 28 heavy (non-hydrogen) atoms. The van der Waals surface area contributed by atoms with Crippen LogP contribution in [0.5, 0.6) is 0 Å². The van der Waals surface area contributed by atoms with E-state index in [1.54, 1.807) is 0 Å². The van der Waals surface area contributed by atoms with Crippen molar-refractivity contribution in [1.82, 2.24) is 14.7 Å². The summed E-state index contributed by atoms with van der Waals surface area (Å²) in [5.74, 6) is -0.523. The third-order valence-electron chi connectivity index (χ3n) is 7.23. The highest BCUT2D eigenvalue weighted by molar-refractivity contribution is 6.06. The Morgan fingerprint density at radius 3 is 2.07 bits per heavy atom. The number of imide groups is 1. The zero-order valence-corrected chi connectivity index (χ0v) is 17.4. The van der Waals surface area contributed by atoms with Crippen LogP contribution in [0.25, 0.3) is 0 Å². The van der Waals surface area contributed by atoms with Crippen molar-refractivity contribution in [2.45, 2.75) is 64.2 Å². The number of unbranched alkanes of at least 4 members (excludes halogenated alkanes) is 3. The van der Waals surface area contributed by atoms with Crippen LogP contribution in [-0.4, -0.2) is 84.0 Å². The van der Waals surface area contributed by atoms with Crippen LogP contribution in [-0.2, 0) is 14.3 Å². The summed E-state index contributed by atoms with van der Waals surface area (Å²) in [4.78, 5) is 31.9. The standard InChI is InChI=1S/C22H35N3O3/c1-3-16(2)24-14-12-23(13-15-24)10-6-4-5-7-11-25-21(26)19-17-8-9-18(28-17)20(19)22(25)27/h8-9,16-20H,3-7,10-15H2,1-2H3/t16?,17-,18+,19-,20+. The quantitative estimate of drug-likeness (QED) is 0.343. The topological polar surface area (TPSA) is 53.1 Å². The number of hydrogen-bond donors (Lipinski definition) is 0. The van der Waals surface area contributed by atoms with Gasteiger partial charge in [0.15, 0.2) is 0 Å². The van der Waals surface area contributed by atoms with Gasteiger partial charge in [-0.2, -0.15) is 0 Å². The van der Waals surface area contributed by atoms with Crippen molar-refractivity contribution in [1.29, 1.82) is 0 Å². The first-order valence-electron chi connectivity index (χ1n) is 11.3. The molecule has 0 N–H and O–H groups in total. The van der Waals surface area contributed by atoms with Crippen LogP contribution in [0, 0.1) is 11.8 Å². The summed E-state index contributed by atoms with van der Waals surface area (Å²) < 4.78 is 5.68. The summed E-state index contributed by atoms with van der Waals surface area (Å²) in [6, 6.07) is 0.704. The summed E-state index contributed by atoms with van der Waals surface area (Å²) in [6.45, 7) is 11.1. The van der Waals surface area contributed by atoms with Gasteiger partial charge in [0.2, 0.25) is 11.8 Å². The number of fused-ring (bicyclic) bond motifs is 5. The lowest BCUT2D eigenvalue weighted by atomic mass is 9.85. The van der Waals surface area contributed by atoms with E-state index in [1.807, 2.05) is 12.2 Å². The summed E-state index contributed by atoms with van der Waals surface area (Å²) in [5.41, 5.74) is 0. The molecule has 1 unspecified atom stereocenters. The van der Waals surface area contributed by atoms with E-state index < -0.39 is 0 Å². The van der Waals surface area contributed by atoms with Gasteiger partial charge in [-0.15, -0.1) is 0 Å². The second-order valence-electron chi connectivity index (χ2n) is 8.88. The van der Waals surface area contributed by atoms with Crippen molar-refractivity contribution in [3.05, 3.63) is 12.2 Å². The molecule has 2 amide bonds. The van der Waals surface area contributed by atoms with Crippen LogP contribution < -0.4 is 0 Å². The first-order chi connectivity index (χ1) is 13.6. The summed E-state index contributed by atoms with van der Waals surface area (Å²) >= 11 is 0. The van der Waals surface area contributed by atoms with Gasteiger partial charge >= 0.3 is 0 Å². The van der Waals surface area contributed by atoms with Crippen LogP contribution in [0.2, 0.25) is 0 Å². The number of ether oxygens (including phenoxy) is 1. The van der Waals surface area contributed by atoms with Crippen LogP contribution in [0.3, 0.4) is 0 Å². The van der Waals surface area contributed by atoms with Gasteiger partial charge in [0.1, 0.15) is 0 Å². The molecule has 0 aliphatic carbocycles. The van der Waals surface area contributed by atoms with Crippen LogP contribution in [0.4, 0.5) is 0 Å². The van der Waals surface area contributed by atoms with Gasteiger partial charge < -0.3 is 9.64 Å². The Morgan fingerprint density at radius 1 is 0.929 bits per heavy atom. The van der Waals surface area contributed by atoms with Crippen molar-refractivity contribution < 1.29 is 14.3 Å². The molecule has 2 bridgehead atoms. The molecule has 0 aromatic heterocycles. The van der Waals surface area contributed by atoms with Gasteiger partial charge in [0.25, 0.3) is 0 Å². The minimum absolute atomic E-state index is 0.00831. The van der Waals surface area contributed by atoms with Crippen molar-refractivity contribution in [2.75, 3.05) is 39.3 Å². The minimum Gasteiger partial charge on any atom is -0.365 e. The number of likely N-dealkylation sites (tertiary alicyclic amines) is 1. The molecule has 5 atom stereocenters. The predicted octanol–water partition coefficient (Wildman–Crippen LogP) is 1.90. The maximum Gasteiger partial charge on any atom is 0.236 e. The molecule has 3 fully saturated rings. The van der Waals surface area contributed by atoms with E-state index in [0.717, 1.165) is 12.8 Å². The Balaban J connectivity index is 1.10. The number of carbonyl (C=O) groups is 2. The fourth-order valence-electron chi connectivity index (χ4n) is 5.23. The Kier molecular flexibility index (Phi) is 6.18. The average Bonchev–Trinajstić information content (AvgIpc) is 3.39. The Morgan fingerprint density at radius 2 is 1.50 bits per heavy atom. The SMILES string of the molecule is CCC(C)N1CCN(CCCCCCN2C(=O)[C@@H]3[C@H](C2=O)[C@H]2C=C[C@@H]3O2)CC1. The van der Waals surface area contributed by atoms with Gasteiger partial charge in [-0.05, 0) is 32.7 Å². The molecule has 6 nitrogen and oxygen atoms in total. The third-order valence-corrected chi connectivity index (χ3v) is 7.23. The van der Waals surface area contributed by atoms with Crippen molar-refractivity contribution in [3.8, 4) is 0 Å². The lowest BCUT2D eigenvalue weighted by molar-refractivity contribution is -0.142. The molecule has 6 heteroatoms. The number of carbonyl (C=O) groups excluding carboxylic acids is 2. The lowest BCUT2D eigenvalue weighted by Gasteiger charge is -2.37. The Labute approximate surface area is 168 Å². The number of amides is 2. The van der Waals surface area contributed by atoms with Crippen LogP contribution in [0.1, 0.15) is 46.0 Å². The molecule has 4 heterocycles.